The van der Waals surface area contributed by atoms with Gasteiger partial charge in [-0.1, -0.05) is 18.7 Å². The summed E-state index contributed by atoms with van der Waals surface area (Å²) < 4.78 is 0. The third-order valence-corrected chi connectivity index (χ3v) is 2.56. The predicted octanol–water partition coefficient (Wildman–Crippen LogP) is 1.29. The van der Waals surface area contributed by atoms with Gasteiger partial charge in [-0.15, -0.1) is 0 Å². The van der Waals surface area contributed by atoms with Crippen molar-refractivity contribution in [2.75, 3.05) is 5.75 Å². The smallest absolute Gasteiger partial charge is 0.307 e. The lowest BCUT2D eigenvalue weighted by Crippen LogP contribution is -2.11. The summed E-state index contributed by atoms with van der Waals surface area (Å²) in [7, 11) is 0. The number of hydrogen-bond donors (Lipinski definition) is 1. The van der Waals surface area contributed by atoms with Gasteiger partial charge in [-0.25, -0.2) is 9.97 Å². The molecule has 1 unspecified atom stereocenters. The zero-order valence-electron chi connectivity index (χ0n) is 7.17. The number of aromatic nitrogens is 2. The first-order chi connectivity index (χ1) is 6.20. The molecule has 13 heavy (non-hydrogen) atoms. The number of nitrogens with zero attached hydrogens (tertiary/aromatic N) is 2. The number of carboxylic acid groups (broad SMARTS) is 1. The van der Waals surface area contributed by atoms with Gasteiger partial charge in [0.25, 0.3) is 0 Å². The van der Waals surface area contributed by atoms with E-state index in [1.54, 1.807) is 25.4 Å². The summed E-state index contributed by atoms with van der Waals surface area (Å²) >= 11 is 1.35. The van der Waals surface area contributed by atoms with Gasteiger partial charge in [0.05, 0.1) is 5.92 Å². The minimum atomic E-state index is -0.788. The van der Waals surface area contributed by atoms with E-state index >= 15 is 0 Å². The molecule has 0 fully saturated rings. The second-order valence-corrected chi connectivity index (χ2v) is 3.57. The normalized spacial score (nSPS) is 12.4. The average molecular weight is 198 g/mol. The minimum Gasteiger partial charge on any atom is -0.481 e. The maximum Gasteiger partial charge on any atom is 0.307 e. The zero-order valence-corrected chi connectivity index (χ0v) is 7.99. The Morgan fingerprint density at radius 3 is 2.77 bits per heavy atom. The second kappa shape index (κ2) is 4.81. The largest absolute Gasteiger partial charge is 0.481 e. The van der Waals surface area contributed by atoms with Gasteiger partial charge in [-0.2, -0.15) is 0 Å². The van der Waals surface area contributed by atoms with Crippen LogP contribution in [0, 0.1) is 5.92 Å². The Kier molecular flexibility index (Phi) is 3.70. The van der Waals surface area contributed by atoms with Crippen molar-refractivity contribution in [3.63, 3.8) is 0 Å². The van der Waals surface area contributed by atoms with Gasteiger partial charge in [-0.05, 0) is 6.07 Å². The summed E-state index contributed by atoms with van der Waals surface area (Å²) in [5.41, 5.74) is 0. The van der Waals surface area contributed by atoms with Gasteiger partial charge in [0, 0.05) is 18.1 Å². The Morgan fingerprint density at radius 1 is 1.62 bits per heavy atom. The van der Waals surface area contributed by atoms with Crippen LogP contribution in [0.3, 0.4) is 0 Å². The molecule has 0 amide bonds. The molecule has 1 rings (SSSR count). The lowest BCUT2D eigenvalue weighted by Gasteiger charge is -2.03. The van der Waals surface area contributed by atoms with E-state index in [0.29, 0.717) is 10.9 Å². The first-order valence-electron chi connectivity index (χ1n) is 3.83. The van der Waals surface area contributed by atoms with Gasteiger partial charge < -0.3 is 5.11 Å². The van der Waals surface area contributed by atoms with Crippen molar-refractivity contribution in [3.8, 4) is 0 Å². The Bertz CT molecular complexity index is 279. The number of aliphatic carboxylic acids is 1. The quantitative estimate of drug-likeness (QED) is 0.583. The van der Waals surface area contributed by atoms with E-state index in [4.69, 9.17) is 5.11 Å². The highest BCUT2D eigenvalue weighted by atomic mass is 32.2. The van der Waals surface area contributed by atoms with Crippen molar-refractivity contribution in [2.24, 2.45) is 5.92 Å². The molecule has 5 heteroatoms. The van der Waals surface area contributed by atoms with Crippen LogP contribution in [0.25, 0.3) is 0 Å². The first kappa shape index (κ1) is 9.98. The number of carboxylic acids is 1. The molecule has 0 aliphatic heterocycles. The maximum atomic E-state index is 10.5. The summed E-state index contributed by atoms with van der Waals surface area (Å²) in [5.74, 6) is -0.656. The van der Waals surface area contributed by atoms with E-state index in [-0.39, 0.29) is 5.92 Å². The molecule has 0 saturated carbocycles. The fourth-order valence-electron chi connectivity index (χ4n) is 0.631. The molecule has 1 atom stereocenters. The number of hydrogen-bond acceptors (Lipinski definition) is 4. The molecule has 1 aromatic rings. The fraction of sp³-hybridized carbons (Fsp3) is 0.375. The van der Waals surface area contributed by atoms with Crippen LogP contribution in [0.1, 0.15) is 6.92 Å². The van der Waals surface area contributed by atoms with Crippen LogP contribution in [-0.2, 0) is 4.79 Å². The maximum absolute atomic E-state index is 10.5. The van der Waals surface area contributed by atoms with E-state index in [2.05, 4.69) is 9.97 Å². The van der Waals surface area contributed by atoms with Crippen LogP contribution in [-0.4, -0.2) is 26.8 Å². The SMILES string of the molecule is CC(CSc1ncccn1)C(=O)O. The molecule has 1 N–H and O–H groups in total. The van der Waals surface area contributed by atoms with Gasteiger partial charge in [0.1, 0.15) is 0 Å². The number of rotatable bonds is 4. The van der Waals surface area contributed by atoms with Crippen molar-refractivity contribution in [1.29, 1.82) is 0 Å². The Morgan fingerprint density at radius 2 is 2.23 bits per heavy atom. The summed E-state index contributed by atoms with van der Waals surface area (Å²) in [6.07, 6.45) is 3.28. The fourth-order valence-corrected chi connectivity index (χ4v) is 1.44. The van der Waals surface area contributed by atoms with Crippen LogP contribution in [0.5, 0.6) is 0 Å². The second-order valence-electron chi connectivity index (χ2n) is 2.58. The van der Waals surface area contributed by atoms with E-state index < -0.39 is 5.97 Å². The van der Waals surface area contributed by atoms with Gasteiger partial charge >= 0.3 is 5.97 Å². The van der Waals surface area contributed by atoms with Gasteiger partial charge in [0.2, 0.25) is 0 Å². The van der Waals surface area contributed by atoms with Crippen molar-refractivity contribution in [2.45, 2.75) is 12.1 Å². The monoisotopic (exact) mass is 198 g/mol. The summed E-state index contributed by atoms with van der Waals surface area (Å²) in [6.45, 7) is 1.66. The van der Waals surface area contributed by atoms with E-state index in [9.17, 15) is 4.79 Å². The van der Waals surface area contributed by atoms with Crippen LogP contribution >= 0.6 is 11.8 Å². The molecule has 0 saturated heterocycles. The van der Waals surface area contributed by atoms with Gasteiger partial charge in [0.15, 0.2) is 5.16 Å². The topological polar surface area (TPSA) is 63.1 Å². The summed E-state index contributed by atoms with van der Waals surface area (Å²) in [6, 6.07) is 1.73. The molecule has 0 bridgehead atoms. The Labute approximate surface area is 80.4 Å². The average Bonchev–Trinajstić information content (AvgIpc) is 2.15. The summed E-state index contributed by atoms with van der Waals surface area (Å²) in [5, 5.41) is 9.23. The van der Waals surface area contributed by atoms with Crippen LogP contribution in [0.15, 0.2) is 23.6 Å². The highest BCUT2D eigenvalue weighted by Gasteiger charge is 2.11. The Hall–Kier alpha value is -1.10. The van der Waals surface area contributed by atoms with Crippen molar-refractivity contribution >= 4 is 17.7 Å². The van der Waals surface area contributed by atoms with Crippen molar-refractivity contribution < 1.29 is 9.90 Å². The molecule has 70 valence electrons. The molecule has 1 heterocycles. The molecule has 0 aliphatic rings. The number of thioether (sulfide) groups is 1. The standard InChI is InChI=1S/C8H10N2O2S/c1-6(7(11)12)5-13-8-9-3-2-4-10-8/h2-4,6H,5H2,1H3,(H,11,12). The van der Waals surface area contributed by atoms with Crippen molar-refractivity contribution in [3.05, 3.63) is 18.5 Å². The highest BCUT2D eigenvalue weighted by molar-refractivity contribution is 7.99. The third kappa shape index (κ3) is 3.42. The predicted molar refractivity (Wildman–Crippen MR) is 49.6 cm³/mol. The molecule has 1 aromatic heterocycles. The minimum absolute atomic E-state index is 0.367. The van der Waals surface area contributed by atoms with E-state index in [1.165, 1.54) is 11.8 Å². The van der Waals surface area contributed by atoms with E-state index in [0.717, 1.165) is 0 Å². The van der Waals surface area contributed by atoms with Crippen LogP contribution in [0.4, 0.5) is 0 Å². The zero-order chi connectivity index (χ0) is 9.68. The van der Waals surface area contributed by atoms with Crippen LogP contribution in [0.2, 0.25) is 0 Å². The summed E-state index contributed by atoms with van der Waals surface area (Å²) in [4.78, 5) is 18.4. The molecule has 0 spiro atoms. The van der Waals surface area contributed by atoms with Crippen molar-refractivity contribution in [1.82, 2.24) is 9.97 Å². The number of carbonyl (C=O) groups is 1. The first-order valence-corrected chi connectivity index (χ1v) is 4.81. The van der Waals surface area contributed by atoms with Crippen LogP contribution < -0.4 is 0 Å². The lowest BCUT2D eigenvalue weighted by molar-refractivity contribution is -0.140. The van der Waals surface area contributed by atoms with E-state index in [1.807, 2.05) is 0 Å². The molecule has 0 aliphatic carbocycles. The molecule has 0 aromatic carbocycles. The molecular weight excluding hydrogens is 188 g/mol. The third-order valence-electron chi connectivity index (χ3n) is 1.43. The lowest BCUT2D eigenvalue weighted by atomic mass is 10.2. The van der Waals surface area contributed by atoms with Gasteiger partial charge in [-0.3, -0.25) is 4.79 Å². The Balaban J connectivity index is 2.39. The molecular formula is C8H10N2O2S. The highest BCUT2D eigenvalue weighted by Crippen LogP contribution is 2.15. The molecule has 0 radical (unpaired) electrons. The molecule has 4 nitrogen and oxygen atoms in total.